The van der Waals surface area contributed by atoms with Gasteiger partial charge in [-0.3, -0.25) is 4.79 Å². The first kappa shape index (κ1) is 16.2. The van der Waals surface area contributed by atoms with Crippen molar-refractivity contribution < 1.29 is 4.79 Å². The van der Waals surface area contributed by atoms with Gasteiger partial charge in [-0.15, -0.1) is 0 Å². The Balaban J connectivity index is 1.82. The highest BCUT2D eigenvalue weighted by atomic mass is 16.1. The van der Waals surface area contributed by atoms with Crippen molar-refractivity contribution in [3.63, 3.8) is 0 Å². The zero-order valence-electron chi connectivity index (χ0n) is 13.2. The molecule has 0 unspecified atom stereocenters. The standard InChI is InChI=1S/C16H23N5O/c1-20(2)11-8-18-16(22)13-6-9-21(10-7-13)15-5-3-4-14(12-17)19-15/h3-5,13H,6-11H2,1-2H3,(H,18,22). The predicted molar refractivity (Wildman–Crippen MR) is 85.5 cm³/mol. The molecule has 1 aliphatic heterocycles. The van der Waals surface area contributed by atoms with Crippen molar-refractivity contribution >= 4 is 11.7 Å². The zero-order valence-corrected chi connectivity index (χ0v) is 13.2. The van der Waals surface area contributed by atoms with Gasteiger partial charge in [-0.2, -0.15) is 5.26 Å². The largest absolute Gasteiger partial charge is 0.357 e. The number of nitrogens with zero attached hydrogens (tertiary/aromatic N) is 4. The van der Waals surface area contributed by atoms with Gasteiger partial charge in [-0.05, 0) is 39.1 Å². The fourth-order valence-electron chi connectivity index (χ4n) is 2.58. The summed E-state index contributed by atoms with van der Waals surface area (Å²) in [4.78, 5) is 20.6. The van der Waals surface area contributed by atoms with E-state index in [2.05, 4.69) is 26.2 Å². The van der Waals surface area contributed by atoms with E-state index in [-0.39, 0.29) is 11.8 Å². The molecule has 118 valence electrons. The van der Waals surface area contributed by atoms with Gasteiger partial charge >= 0.3 is 0 Å². The lowest BCUT2D eigenvalue weighted by Crippen LogP contribution is -2.42. The van der Waals surface area contributed by atoms with Crippen molar-refractivity contribution in [1.82, 2.24) is 15.2 Å². The third kappa shape index (κ3) is 4.43. The fourth-order valence-corrected chi connectivity index (χ4v) is 2.58. The molecule has 6 nitrogen and oxygen atoms in total. The van der Waals surface area contributed by atoms with Crippen molar-refractivity contribution in [2.24, 2.45) is 5.92 Å². The Morgan fingerprint density at radius 2 is 2.18 bits per heavy atom. The van der Waals surface area contributed by atoms with Crippen LogP contribution in [0.3, 0.4) is 0 Å². The van der Waals surface area contributed by atoms with E-state index >= 15 is 0 Å². The van der Waals surface area contributed by atoms with E-state index in [0.29, 0.717) is 12.2 Å². The maximum absolute atomic E-state index is 12.1. The molecule has 1 N–H and O–H groups in total. The second-order valence-electron chi connectivity index (χ2n) is 5.85. The summed E-state index contributed by atoms with van der Waals surface area (Å²) in [6.07, 6.45) is 1.65. The zero-order chi connectivity index (χ0) is 15.9. The first-order valence-corrected chi connectivity index (χ1v) is 7.64. The van der Waals surface area contributed by atoms with Gasteiger partial charge in [0, 0.05) is 32.1 Å². The number of hydrogen-bond donors (Lipinski definition) is 1. The Bertz CT molecular complexity index is 544. The minimum Gasteiger partial charge on any atom is -0.357 e. The van der Waals surface area contributed by atoms with Crippen LogP contribution in [0, 0.1) is 17.2 Å². The summed E-state index contributed by atoms with van der Waals surface area (Å²) in [5.41, 5.74) is 0.432. The van der Waals surface area contributed by atoms with Crippen LogP contribution in [0.2, 0.25) is 0 Å². The maximum atomic E-state index is 12.1. The van der Waals surface area contributed by atoms with E-state index < -0.39 is 0 Å². The van der Waals surface area contributed by atoms with Crippen LogP contribution >= 0.6 is 0 Å². The van der Waals surface area contributed by atoms with Crippen molar-refractivity contribution in [3.8, 4) is 6.07 Å². The van der Waals surface area contributed by atoms with Crippen molar-refractivity contribution in [1.29, 1.82) is 5.26 Å². The molecule has 0 bridgehead atoms. The van der Waals surface area contributed by atoms with Crippen LogP contribution < -0.4 is 10.2 Å². The summed E-state index contributed by atoms with van der Waals surface area (Å²) in [6, 6.07) is 7.53. The number of rotatable bonds is 5. The molecule has 0 saturated carbocycles. The molecule has 22 heavy (non-hydrogen) atoms. The highest BCUT2D eigenvalue weighted by Crippen LogP contribution is 2.22. The van der Waals surface area contributed by atoms with E-state index in [9.17, 15) is 4.79 Å². The minimum atomic E-state index is 0.0811. The fraction of sp³-hybridized carbons (Fsp3) is 0.562. The van der Waals surface area contributed by atoms with Crippen molar-refractivity contribution in [2.75, 3.05) is 45.2 Å². The molecule has 0 aromatic carbocycles. The predicted octanol–water partition coefficient (Wildman–Crippen LogP) is 0.847. The van der Waals surface area contributed by atoms with Crippen LogP contribution in [-0.2, 0) is 4.79 Å². The molecule has 1 aromatic rings. The third-order valence-corrected chi connectivity index (χ3v) is 3.90. The van der Waals surface area contributed by atoms with E-state index in [0.717, 1.165) is 38.3 Å². The van der Waals surface area contributed by atoms with Gasteiger partial charge < -0.3 is 15.1 Å². The van der Waals surface area contributed by atoms with Crippen molar-refractivity contribution in [3.05, 3.63) is 23.9 Å². The number of carbonyl (C=O) groups excluding carboxylic acids is 1. The lowest BCUT2D eigenvalue weighted by molar-refractivity contribution is -0.125. The number of hydrogen-bond acceptors (Lipinski definition) is 5. The SMILES string of the molecule is CN(C)CCNC(=O)C1CCN(c2cccc(C#N)n2)CC1. The molecule has 1 saturated heterocycles. The Morgan fingerprint density at radius 1 is 1.45 bits per heavy atom. The van der Waals surface area contributed by atoms with Crippen LogP contribution in [0.15, 0.2) is 18.2 Å². The lowest BCUT2D eigenvalue weighted by atomic mass is 9.96. The number of piperidine rings is 1. The average molecular weight is 301 g/mol. The van der Waals surface area contributed by atoms with Gasteiger partial charge in [-0.1, -0.05) is 6.07 Å². The van der Waals surface area contributed by atoms with Gasteiger partial charge in [0.1, 0.15) is 17.6 Å². The summed E-state index contributed by atoms with van der Waals surface area (Å²) in [5.74, 6) is 1.06. The summed E-state index contributed by atoms with van der Waals surface area (Å²) < 4.78 is 0. The van der Waals surface area contributed by atoms with E-state index in [1.165, 1.54) is 0 Å². The molecular weight excluding hydrogens is 278 g/mol. The van der Waals surface area contributed by atoms with Gasteiger partial charge in [-0.25, -0.2) is 4.98 Å². The van der Waals surface area contributed by atoms with E-state index in [1.807, 2.05) is 26.2 Å². The van der Waals surface area contributed by atoms with Crippen LogP contribution in [0.1, 0.15) is 18.5 Å². The second kappa shape index (κ2) is 7.76. The van der Waals surface area contributed by atoms with Crippen LogP contribution in [0.4, 0.5) is 5.82 Å². The quantitative estimate of drug-likeness (QED) is 0.873. The molecule has 0 radical (unpaired) electrons. The molecule has 2 rings (SSSR count). The van der Waals surface area contributed by atoms with Crippen LogP contribution in [0.25, 0.3) is 0 Å². The molecule has 0 atom stereocenters. The number of nitriles is 1. The molecule has 1 aliphatic rings. The van der Waals surface area contributed by atoms with Gasteiger partial charge in [0.25, 0.3) is 0 Å². The monoisotopic (exact) mass is 301 g/mol. The van der Waals surface area contributed by atoms with Gasteiger partial charge in [0.2, 0.25) is 5.91 Å². The molecule has 1 fully saturated rings. The Hall–Kier alpha value is -2.13. The second-order valence-corrected chi connectivity index (χ2v) is 5.85. The summed E-state index contributed by atoms with van der Waals surface area (Å²) in [6.45, 7) is 3.15. The topological polar surface area (TPSA) is 72.3 Å². The maximum Gasteiger partial charge on any atom is 0.223 e. The van der Waals surface area contributed by atoms with Gasteiger partial charge in [0.15, 0.2) is 0 Å². The first-order valence-electron chi connectivity index (χ1n) is 7.64. The number of amides is 1. The first-order chi connectivity index (χ1) is 10.6. The average Bonchev–Trinajstić information content (AvgIpc) is 2.54. The number of carbonyl (C=O) groups is 1. The lowest BCUT2D eigenvalue weighted by Gasteiger charge is -2.32. The number of anilines is 1. The minimum absolute atomic E-state index is 0.0811. The van der Waals surface area contributed by atoms with E-state index in [1.54, 1.807) is 6.07 Å². The number of aromatic nitrogens is 1. The third-order valence-electron chi connectivity index (χ3n) is 3.90. The number of nitrogens with one attached hydrogen (secondary N) is 1. The molecular formula is C16H23N5O. The molecule has 2 heterocycles. The molecule has 0 aliphatic carbocycles. The molecule has 0 spiro atoms. The molecule has 1 aromatic heterocycles. The summed E-state index contributed by atoms with van der Waals surface area (Å²) in [5, 5.41) is 11.9. The summed E-state index contributed by atoms with van der Waals surface area (Å²) >= 11 is 0. The Morgan fingerprint density at radius 3 is 2.82 bits per heavy atom. The van der Waals surface area contributed by atoms with Crippen LogP contribution in [-0.4, -0.2) is 56.1 Å². The number of pyridine rings is 1. The van der Waals surface area contributed by atoms with Crippen LogP contribution in [0.5, 0.6) is 0 Å². The molecule has 6 heteroatoms. The highest BCUT2D eigenvalue weighted by Gasteiger charge is 2.25. The molecule has 1 amide bonds. The smallest absolute Gasteiger partial charge is 0.223 e. The summed E-state index contributed by atoms with van der Waals surface area (Å²) in [7, 11) is 3.99. The van der Waals surface area contributed by atoms with Gasteiger partial charge in [0.05, 0.1) is 0 Å². The normalized spacial score (nSPS) is 15.6. The Labute approximate surface area is 131 Å². The Kier molecular flexibility index (Phi) is 5.73. The van der Waals surface area contributed by atoms with Crippen molar-refractivity contribution in [2.45, 2.75) is 12.8 Å². The number of likely N-dealkylation sites (N-methyl/N-ethyl adjacent to an activating group) is 1. The van der Waals surface area contributed by atoms with E-state index in [4.69, 9.17) is 5.26 Å². The highest BCUT2D eigenvalue weighted by molar-refractivity contribution is 5.78.